The highest BCUT2D eigenvalue weighted by molar-refractivity contribution is 5.81. The molecule has 0 spiro atoms. The molecule has 102 valence electrons. The fourth-order valence-corrected chi connectivity index (χ4v) is 1.81. The Kier molecular flexibility index (Phi) is 5.53. The number of nitrogens with zero attached hydrogens (tertiary/aromatic N) is 2. The maximum absolute atomic E-state index is 12.0. The molecule has 0 bridgehead atoms. The molecule has 0 aliphatic rings. The lowest BCUT2D eigenvalue weighted by atomic mass is 10.0. The summed E-state index contributed by atoms with van der Waals surface area (Å²) in [6.07, 6.45) is 0. The van der Waals surface area contributed by atoms with Crippen LogP contribution in [0.25, 0.3) is 0 Å². The van der Waals surface area contributed by atoms with E-state index in [0.29, 0.717) is 12.1 Å². The van der Waals surface area contributed by atoms with Crippen LogP contribution in [0.15, 0.2) is 24.3 Å². The maximum Gasteiger partial charge on any atom is 0.239 e. The third-order valence-electron chi connectivity index (χ3n) is 2.98. The molecule has 1 aromatic carbocycles. The monoisotopic (exact) mass is 259 g/mol. The van der Waals surface area contributed by atoms with Gasteiger partial charge in [-0.3, -0.25) is 4.79 Å². The first-order valence-electron chi connectivity index (χ1n) is 6.39. The van der Waals surface area contributed by atoms with Gasteiger partial charge < -0.3 is 10.2 Å². The number of amides is 1. The van der Waals surface area contributed by atoms with Crippen molar-refractivity contribution in [1.82, 2.24) is 10.2 Å². The summed E-state index contributed by atoms with van der Waals surface area (Å²) < 4.78 is 0. The van der Waals surface area contributed by atoms with E-state index < -0.39 is 0 Å². The average Bonchev–Trinajstić information content (AvgIpc) is 2.39. The van der Waals surface area contributed by atoms with Gasteiger partial charge in [0.05, 0.1) is 17.7 Å². The highest BCUT2D eigenvalue weighted by atomic mass is 16.2. The van der Waals surface area contributed by atoms with Gasteiger partial charge in [-0.2, -0.15) is 5.26 Å². The zero-order valence-electron chi connectivity index (χ0n) is 12.0. The highest BCUT2D eigenvalue weighted by Gasteiger charge is 2.22. The highest BCUT2D eigenvalue weighted by Crippen LogP contribution is 2.08. The van der Waals surface area contributed by atoms with Crippen molar-refractivity contribution in [3.63, 3.8) is 0 Å². The van der Waals surface area contributed by atoms with Gasteiger partial charge in [-0.05, 0) is 23.6 Å². The van der Waals surface area contributed by atoms with Crippen LogP contribution in [0.4, 0.5) is 0 Å². The SMILES string of the molecule is CC(C)[C@@H](NCc1ccc(C#N)cc1)C(=O)N(C)C. The van der Waals surface area contributed by atoms with E-state index in [1.165, 1.54) is 0 Å². The summed E-state index contributed by atoms with van der Waals surface area (Å²) in [6.45, 7) is 4.67. The minimum absolute atomic E-state index is 0.0867. The molecule has 1 rings (SSSR count). The number of hydrogen-bond donors (Lipinski definition) is 1. The fourth-order valence-electron chi connectivity index (χ4n) is 1.81. The van der Waals surface area contributed by atoms with Gasteiger partial charge in [0.25, 0.3) is 0 Å². The third kappa shape index (κ3) is 4.38. The summed E-state index contributed by atoms with van der Waals surface area (Å²) in [5.41, 5.74) is 1.71. The number of benzene rings is 1. The Labute approximate surface area is 115 Å². The number of nitriles is 1. The zero-order valence-corrected chi connectivity index (χ0v) is 12.0. The Morgan fingerprint density at radius 3 is 2.32 bits per heavy atom. The summed E-state index contributed by atoms with van der Waals surface area (Å²) in [7, 11) is 3.53. The summed E-state index contributed by atoms with van der Waals surface area (Å²) in [5.74, 6) is 0.317. The number of carbonyl (C=O) groups is 1. The molecule has 0 unspecified atom stereocenters. The van der Waals surface area contributed by atoms with Gasteiger partial charge in [0.2, 0.25) is 5.91 Å². The molecule has 4 heteroatoms. The first kappa shape index (κ1) is 15.2. The van der Waals surface area contributed by atoms with Crippen LogP contribution in [0.3, 0.4) is 0 Å². The van der Waals surface area contributed by atoms with Gasteiger partial charge in [-0.25, -0.2) is 0 Å². The molecule has 1 atom stereocenters. The molecule has 0 radical (unpaired) electrons. The second-order valence-corrected chi connectivity index (χ2v) is 5.14. The summed E-state index contributed by atoms with van der Waals surface area (Å²) >= 11 is 0. The molecule has 1 aromatic rings. The zero-order chi connectivity index (χ0) is 14.4. The first-order chi connectivity index (χ1) is 8.95. The van der Waals surface area contributed by atoms with E-state index in [-0.39, 0.29) is 17.9 Å². The van der Waals surface area contributed by atoms with Crippen LogP contribution < -0.4 is 5.32 Å². The Hall–Kier alpha value is -1.86. The van der Waals surface area contributed by atoms with E-state index in [9.17, 15) is 4.79 Å². The quantitative estimate of drug-likeness (QED) is 0.876. The Morgan fingerprint density at radius 2 is 1.89 bits per heavy atom. The largest absolute Gasteiger partial charge is 0.347 e. The molecule has 4 nitrogen and oxygen atoms in total. The second kappa shape index (κ2) is 6.91. The molecule has 0 fully saturated rings. The normalized spacial score (nSPS) is 12.0. The predicted molar refractivity (Wildman–Crippen MR) is 75.3 cm³/mol. The Morgan fingerprint density at radius 1 is 1.32 bits per heavy atom. The van der Waals surface area contributed by atoms with Gasteiger partial charge in [-0.1, -0.05) is 26.0 Å². The Balaban J connectivity index is 2.66. The number of rotatable bonds is 5. The lowest BCUT2D eigenvalue weighted by molar-refractivity contribution is -0.132. The van der Waals surface area contributed by atoms with Crippen molar-refractivity contribution >= 4 is 5.91 Å². The molecular formula is C15H21N3O. The molecule has 0 saturated carbocycles. The molecule has 0 aliphatic carbocycles. The third-order valence-corrected chi connectivity index (χ3v) is 2.98. The molecule has 1 N–H and O–H groups in total. The van der Waals surface area contributed by atoms with Crippen LogP contribution in [0, 0.1) is 17.2 Å². The van der Waals surface area contributed by atoms with Gasteiger partial charge in [0, 0.05) is 20.6 Å². The van der Waals surface area contributed by atoms with Crippen LogP contribution in [0.5, 0.6) is 0 Å². The van der Waals surface area contributed by atoms with Crippen LogP contribution in [0.2, 0.25) is 0 Å². The van der Waals surface area contributed by atoms with E-state index in [1.54, 1.807) is 31.1 Å². The number of hydrogen-bond acceptors (Lipinski definition) is 3. The Bertz CT molecular complexity index is 457. The molecule has 0 aromatic heterocycles. The van der Waals surface area contributed by atoms with Crippen LogP contribution in [-0.2, 0) is 11.3 Å². The van der Waals surface area contributed by atoms with Crippen LogP contribution in [-0.4, -0.2) is 30.9 Å². The van der Waals surface area contributed by atoms with E-state index >= 15 is 0 Å². The average molecular weight is 259 g/mol. The molecule has 0 saturated heterocycles. The van der Waals surface area contributed by atoms with Crippen molar-refractivity contribution in [3.8, 4) is 6.07 Å². The molecule has 19 heavy (non-hydrogen) atoms. The summed E-state index contributed by atoms with van der Waals surface area (Å²) in [4.78, 5) is 13.6. The van der Waals surface area contributed by atoms with Crippen molar-refractivity contribution in [2.75, 3.05) is 14.1 Å². The van der Waals surface area contributed by atoms with E-state index in [2.05, 4.69) is 11.4 Å². The standard InChI is InChI=1S/C15H21N3O/c1-11(2)14(15(19)18(3)4)17-10-13-7-5-12(9-16)6-8-13/h5-8,11,14,17H,10H2,1-4H3/t14-/m1/s1. The maximum atomic E-state index is 12.0. The van der Waals surface area contributed by atoms with Crippen molar-refractivity contribution in [1.29, 1.82) is 5.26 Å². The smallest absolute Gasteiger partial charge is 0.239 e. The van der Waals surface area contributed by atoms with Crippen molar-refractivity contribution in [2.45, 2.75) is 26.4 Å². The van der Waals surface area contributed by atoms with Crippen LogP contribution in [0.1, 0.15) is 25.0 Å². The van der Waals surface area contributed by atoms with Gasteiger partial charge in [0.1, 0.15) is 0 Å². The van der Waals surface area contributed by atoms with E-state index in [0.717, 1.165) is 5.56 Å². The van der Waals surface area contributed by atoms with Crippen molar-refractivity contribution < 1.29 is 4.79 Å². The van der Waals surface area contributed by atoms with E-state index in [1.807, 2.05) is 26.0 Å². The topological polar surface area (TPSA) is 56.1 Å². The lowest BCUT2D eigenvalue weighted by Gasteiger charge is -2.24. The van der Waals surface area contributed by atoms with E-state index in [4.69, 9.17) is 5.26 Å². The lowest BCUT2D eigenvalue weighted by Crippen LogP contribution is -2.46. The molecule has 0 heterocycles. The van der Waals surface area contributed by atoms with Gasteiger partial charge >= 0.3 is 0 Å². The molecule has 1 amide bonds. The van der Waals surface area contributed by atoms with Gasteiger partial charge in [-0.15, -0.1) is 0 Å². The number of likely N-dealkylation sites (N-methyl/N-ethyl adjacent to an activating group) is 1. The minimum atomic E-state index is -0.189. The van der Waals surface area contributed by atoms with Crippen molar-refractivity contribution in [2.24, 2.45) is 5.92 Å². The molecular weight excluding hydrogens is 238 g/mol. The number of carbonyl (C=O) groups excluding carboxylic acids is 1. The van der Waals surface area contributed by atoms with Crippen LogP contribution >= 0.6 is 0 Å². The molecule has 0 aliphatic heterocycles. The fraction of sp³-hybridized carbons (Fsp3) is 0.467. The first-order valence-corrected chi connectivity index (χ1v) is 6.39. The number of nitrogens with one attached hydrogen (secondary N) is 1. The van der Waals surface area contributed by atoms with Gasteiger partial charge in [0.15, 0.2) is 0 Å². The second-order valence-electron chi connectivity index (χ2n) is 5.14. The summed E-state index contributed by atoms with van der Waals surface area (Å²) in [5, 5.41) is 12.0. The predicted octanol–water partition coefficient (Wildman–Crippen LogP) is 1.76. The van der Waals surface area contributed by atoms with Crippen molar-refractivity contribution in [3.05, 3.63) is 35.4 Å². The summed E-state index contributed by atoms with van der Waals surface area (Å²) in [6, 6.07) is 9.29. The minimum Gasteiger partial charge on any atom is -0.347 e.